The summed E-state index contributed by atoms with van der Waals surface area (Å²) in [5.74, 6) is -0.823. The van der Waals surface area contributed by atoms with Crippen LogP contribution in [0.1, 0.15) is 60.7 Å². The van der Waals surface area contributed by atoms with Gasteiger partial charge in [-0.1, -0.05) is 48.5 Å². The molecule has 10 heteroatoms. The molecule has 0 bridgehead atoms. The van der Waals surface area contributed by atoms with E-state index in [1.165, 1.54) is 9.80 Å². The zero-order chi connectivity index (χ0) is 31.9. The molecule has 2 aliphatic heterocycles. The minimum absolute atomic E-state index is 0. The van der Waals surface area contributed by atoms with Crippen LogP contribution in [0.4, 0.5) is 0 Å². The maximum atomic E-state index is 13.2. The van der Waals surface area contributed by atoms with Crippen LogP contribution in [0.15, 0.2) is 72.8 Å². The van der Waals surface area contributed by atoms with E-state index in [2.05, 4.69) is 28.2 Å². The Morgan fingerprint density at radius 3 is 1.02 bits per heavy atom. The van der Waals surface area contributed by atoms with Crippen molar-refractivity contribution in [2.24, 2.45) is 0 Å². The highest BCUT2D eigenvalue weighted by Crippen LogP contribution is 2.31. The molecular formula is C37H42Br2N4O4. The lowest BCUT2D eigenvalue weighted by Gasteiger charge is -2.35. The summed E-state index contributed by atoms with van der Waals surface area (Å²) in [5, 5.41) is 3.37. The van der Waals surface area contributed by atoms with Gasteiger partial charge in [-0.05, 0) is 35.0 Å². The summed E-state index contributed by atoms with van der Waals surface area (Å²) in [6.45, 7) is 4.44. The Bertz CT molecular complexity index is 1620. The van der Waals surface area contributed by atoms with Gasteiger partial charge in [-0.25, -0.2) is 0 Å². The number of hydrogen-bond acceptors (Lipinski definition) is 4. The van der Waals surface area contributed by atoms with Gasteiger partial charge in [0.1, 0.15) is 0 Å². The molecule has 0 radical (unpaired) electrons. The number of benzene rings is 4. The lowest BCUT2D eigenvalue weighted by Crippen LogP contribution is -3.00. The number of carbonyl (C=O) groups excluding carboxylic acids is 4. The normalized spacial score (nSPS) is 14.5. The first-order chi connectivity index (χ1) is 21.5. The van der Waals surface area contributed by atoms with Gasteiger partial charge in [0.25, 0.3) is 23.6 Å². The maximum Gasteiger partial charge on any atom is 0.261 e. The van der Waals surface area contributed by atoms with Crippen LogP contribution in [-0.4, -0.2) is 110 Å². The molecule has 4 aromatic rings. The van der Waals surface area contributed by atoms with Gasteiger partial charge in [-0.3, -0.25) is 29.0 Å². The molecule has 8 nitrogen and oxygen atoms in total. The third-order valence-electron chi connectivity index (χ3n) is 9.53. The van der Waals surface area contributed by atoms with Crippen LogP contribution in [-0.2, 0) is 0 Å². The standard InChI is InChI=1S/C37H42N4O4.2BrH/c1-40(2,22-9-20-38-34(42)28-16-5-12-26-13-6-17-29(32(26)28)35(38)43)24-11-25-41(3,4)23-10-21-39-36(44)30-18-7-14-27-15-8-19-31(33(27)30)37(39)45;;/h5-8,12-19H,9-11,20-25H2,1-4H3;2*1H/q+2;;/p-2. The summed E-state index contributed by atoms with van der Waals surface area (Å²) in [6.07, 6.45) is 2.47. The molecule has 0 spiro atoms. The molecule has 0 atom stereocenters. The Labute approximate surface area is 297 Å². The van der Waals surface area contributed by atoms with E-state index in [1.807, 2.05) is 72.8 Å². The number of nitrogens with zero attached hydrogens (tertiary/aromatic N) is 4. The number of carbonyl (C=O) groups is 4. The molecule has 4 amide bonds. The van der Waals surface area contributed by atoms with E-state index in [-0.39, 0.29) is 57.6 Å². The van der Waals surface area contributed by atoms with Gasteiger partial charge in [0, 0.05) is 65.4 Å². The monoisotopic (exact) mass is 764 g/mol. The summed E-state index contributed by atoms with van der Waals surface area (Å²) in [4.78, 5) is 55.7. The van der Waals surface area contributed by atoms with E-state index in [1.54, 1.807) is 0 Å². The van der Waals surface area contributed by atoms with Gasteiger partial charge in [-0.15, -0.1) is 0 Å². The van der Waals surface area contributed by atoms with E-state index >= 15 is 0 Å². The molecule has 0 saturated carbocycles. The van der Waals surface area contributed by atoms with Crippen molar-refractivity contribution in [3.05, 3.63) is 95.1 Å². The number of hydrogen-bond donors (Lipinski definition) is 0. The molecule has 2 aliphatic rings. The highest BCUT2D eigenvalue weighted by atomic mass is 79.9. The summed E-state index contributed by atoms with van der Waals surface area (Å²) in [7, 11) is 8.79. The van der Waals surface area contributed by atoms with Crippen LogP contribution in [0.25, 0.3) is 21.5 Å². The van der Waals surface area contributed by atoms with Crippen molar-refractivity contribution in [2.45, 2.75) is 19.3 Å². The van der Waals surface area contributed by atoms with Crippen molar-refractivity contribution in [1.29, 1.82) is 0 Å². The summed E-state index contributed by atoms with van der Waals surface area (Å²) >= 11 is 0. The molecule has 2 heterocycles. The lowest BCUT2D eigenvalue weighted by molar-refractivity contribution is -0.909. The van der Waals surface area contributed by atoms with E-state index in [0.29, 0.717) is 35.3 Å². The Morgan fingerprint density at radius 1 is 0.447 bits per heavy atom. The van der Waals surface area contributed by atoms with E-state index in [0.717, 1.165) is 76.0 Å². The SMILES string of the molecule is C[N+](C)(CCCN1C(=O)c2cccc3cccc(c23)C1=O)CCC[N+](C)(C)CCCN1C(=O)c2cccc3cccc(c23)C1=O.[Br-].[Br-]. The fourth-order valence-corrected chi connectivity index (χ4v) is 7.03. The Hall–Kier alpha value is -3.44. The van der Waals surface area contributed by atoms with Crippen molar-refractivity contribution >= 4 is 45.2 Å². The average molecular weight is 767 g/mol. The molecule has 0 saturated heterocycles. The lowest BCUT2D eigenvalue weighted by atomic mass is 9.94. The largest absolute Gasteiger partial charge is 1.00 e. The van der Waals surface area contributed by atoms with Crippen LogP contribution in [0.2, 0.25) is 0 Å². The fraction of sp³-hybridized carbons (Fsp3) is 0.351. The van der Waals surface area contributed by atoms with Gasteiger partial charge in [0.2, 0.25) is 0 Å². The smallest absolute Gasteiger partial charge is 0.261 e. The fourth-order valence-electron chi connectivity index (χ4n) is 7.03. The van der Waals surface area contributed by atoms with Gasteiger partial charge >= 0.3 is 0 Å². The minimum Gasteiger partial charge on any atom is -1.00 e. The second-order valence-electron chi connectivity index (χ2n) is 13.8. The van der Waals surface area contributed by atoms with Crippen LogP contribution >= 0.6 is 0 Å². The summed E-state index contributed by atoms with van der Waals surface area (Å²) < 4.78 is 1.59. The van der Waals surface area contributed by atoms with Gasteiger partial charge < -0.3 is 42.9 Å². The quantitative estimate of drug-likeness (QED) is 0.140. The molecule has 0 fully saturated rings. The molecule has 47 heavy (non-hydrogen) atoms. The first-order valence-corrected chi connectivity index (χ1v) is 15.9. The number of halogens is 2. The predicted octanol–water partition coefficient (Wildman–Crippen LogP) is -0.784. The topological polar surface area (TPSA) is 74.8 Å². The van der Waals surface area contributed by atoms with Crippen LogP contribution in [0.3, 0.4) is 0 Å². The molecule has 4 aromatic carbocycles. The molecule has 0 aliphatic carbocycles. The highest BCUT2D eigenvalue weighted by Gasteiger charge is 2.34. The number of rotatable bonds is 12. The van der Waals surface area contributed by atoms with Crippen molar-refractivity contribution in [3.63, 3.8) is 0 Å². The highest BCUT2D eigenvalue weighted by molar-refractivity contribution is 6.26. The van der Waals surface area contributed by atoms with Crippen molar-refractivity contribution in [2.75, 3.05) is 67.5 Å². The van der Waals surface area contributed by atoms with Crippen LogP contribution < -0.4 is 34.0 Å². The predicted molar refractivity (Wildman–Crippen MR) is 176 cm³/mol. The third-order valence-corrected chi connectivity index (χ3v) is 9.53. The maximum absolute atomic E-state index is 13.2. The van der Waals surface area contributed by atoms with E-state index in [9.17, 15) is 19.2 Å². The summed E-state index contributed by atoms with van der Waals surface area (Å²) in [5.41, 5.74) is 2.42. The Morgan fingerprint density at radius 2 is 0.723 bits per heavy atom. The van der Waals surface area contributed by atoms with Gasteiger partial charge in [0.15, 0.2) is 0 Å². The second kappa shape index (κ2) is 14.4. The molecule has 248 valence electrons. The Balaban J connectivity index is 0.00000250. The Kier molecular flexibility index (Phi) is 11.1. The zero-order valence-electron chi connectivity index (χ0n) is 27.5. The number of quaternary nitrogens is 2. The van der Waals surface area contributed by atoms with Crippen LogP contribution in [0, 0.1) is 0 Å². The van der Waals surface area contributed by atoms with Gasteiger partial charge in [0.05, 0.1) is 54.4 Å². The molecular weight excluding hydrogens is 724 g/mol. The van der Waals surface area contributed by atoms with Crippen molar-refractivity contribution < 1.29 is 62.1 Å². The number of amides is 4. The first-order valence-electron chi connectivity index (χ1n) is 15.9. The number of imide groups is 2. The molecule has 0 N–H and O–H groups in total. The van der Waals surface area contributed by atoms with Crippen LogP contribution in [0.5, 0.6) is 0 Å². The van der Waals surface area contributed by atoms with Crippen molar-refractivity contribution in [1.82, 2.24) is 9.80 Å². The minimum atomic E-state index is -0.206. The zero-order valence-corrected chi connectivity index (χ0v) is 30.6. The first kappa shape index (κ1) is 36.4. The third kappa shape index (κ3) is 7.21. The van der Waals surface area contributed by atoms with Gasteiger partial charge in [-0.2, -0.15) is 0 Å². The van der Waals surface area contributed by atoms with E-state index < -0.39 is 0 Å². The molecule has 0 unspecified atom stereocenters. The van der Waals surface area contributed by atoms with Crippen molar-refractivity contribution in [3.8, 4) is 0 Å². The molecule has 0 aromatic heterocycles. The summed E-state index contributed by atoms with van der Waals surface area (Å²) in [6, 6.07) is 22.5. The average Bonchev–Trinajstić information content (AvgIpc) is 3.01. The second-order valence-corrected chi connectivity index (χ2v) is 13.8. The molecule has 6 rings (SSSR count). The van der Waals surface area contributed by atoms with E-state index in [4.69, 9.17) is 0 Å².